The van der Waals surface area contributed by atoms with Gasteiger partial charge in [0.1, 0.15) is 6.20 Å². The van der Waals surface area contributed by atoms with Crippen molar-refractivity contribution in [2.24, 2.45) is 7.05 Å². The van der Waals surface area contributed by atoms with Gasteiger partial charge in [-0.1, -0.05) is 0 Å². The van der Waals surface area contributed by atoms with Crippen LogP contribution in [0.5, 0.6) is 0 Å². The van der Waals surface area contributed by atoms with Gasteiger partial charge in [-0.2, -0.15) is 4.98 Å². The molecular weight excluding hydrogens is 244 g/mol. The van der Waals surface area contributed by atoms with Crippen LogP contribution >= 0.6 is 11.8 Å². The van der Waals surface area contributed by atoms with Gasteiger partial charge in [-0.05, 0) is 11.8 Å². The van der Waals surface area contributed by atoms with Crippen molar-refractivity contribution in [2.45, 2.75) is 10.3 Å². The number of nitrogen functional groups attached to an aromatic ring is 1. The van der Waals surface area contributed by atoms with Crippen molar-refractivity contribution in [1.82, 2.24) is 19.5 Å². The Balaban J connectivity index is 2.27. The smallest absolute Gasteiger partial charge is 0.329 e. The first kappa shape index (κ1) is 11.3. The van der Waals surface area contributed by atoms with E-state index in [1.807, 2.05) is 7.05 Å². The zero-order valence-electron chi connectivity index (χ0n) is 8.77. The summed E-state index contributed by atoms with van der Waals surface area (Å²) in [5.74, 6) is -0.151. The SMILES string of the molecule is Cn1ccnc1Sc1ncc([N+](=O)[O-])c(N)n1. The molecule has 0 fully saturated rings. The Morgan fingerprint density at radius 2 is 2.29 bits per heavy atom. The molecule has 2 heterocycles. The Morgan fingerprint density at radius 3 is 2.82 bits per heavy atom. The monoisotopic (exact) mass is 252 g/mol. The molecular formula is C8H8N6O2S. The maximum absolute atomic E-state index is 10.5. The van der Waals surface area contributed by atoms with Gasteiger partial charge in [0.05, 0.1) is 4.92 Å². The third-order valence-corrected chi connectivity index (χ3v) is 2.89. The number of aromatic nitrogens is 4. The Hall–Kier alpha value is -2.16. The van der Waals surface area contributed by atoms with Crippen LogP contribution in [0.15, 0.2) is 28.9 Å². The van der Waals surface area contributed by atoms with Crippen molar-refractivity contribution < 1.29 is 4.92 Å². The van der Waals surface area contributed by atoms with Gasteiger partial charge in [0.2, 0.25) is 5.82 Å². The standard InChI is InChI=1S/C8H8N6O2S/c1-13-3-2-10-8(13)17-7-11-4-5(14(15)16)6(9)12-7/h2-4H,1H3,(H2,9,11,12). The first-order valence-electron chi connectivity index (χ1n) is 4.50. The van der Waals surface area contributed by atoms with Crippen LogP contribution in [0, 0.1) is 10.1 Å². The van der Waals surface area contributed by atoms with Gasteiger partial charge in [-0.25, -0.2) is 9.97 Å². The van der Waals surface area contributed by atoms with Gasteiger partial charge < -0.3 is 10.3 Å². The lowest BCUT2D eigenvalue weighted by Gasteiger charge is -2.01. The molecule has 2 aromatic heterocycles. The number of aryl methyl sites for hydroxylation is 1. The molecule has 0 aromatic carbocycles. The van der Waals surface area contributed by atoms with Crippen LogP contribution in [0.4, 0.5) is 11.5 Å². The molecule has 8 nitrogen and oxygen atoms in total. The van der Waals surface area contributed by atoms with Gasteiger partial charge >= 0.3 is 5.69 Å². The maximum Gasteiger partial charge on any atom is 0.329 e. The molecule has 0 saturated carbocycles. The van der Waals surface area contributed by atoms with Crippen molar-refractivity contribution in [3.8, 4) is 0 Å². The Labute approximate surface area is 100 Å². The quantitative estimate of drug-likeness (QED) is 0.489. The number of nitro groups is 1. The fourth-order valence-corrected chi connectivity index (χ4v) is 1.82. The van der Waals surface area contributed by atoms with E-state index in [-0.39, 0.29) is 11.5 Å². The summed E-state index contributed by atoms with van der Waals surface area (Å²) < 4.78 is 1.78. The first-order chi connectivity index (χ1) is 8.08. The summed E-state index contributed by atoms with van der Waals surface area (Å²) in [6.07, 6.45) is 4.50. The minimum Gasteiger partial charge on any atom is -0.378 e. The predicted molar refractivity (Wildman–Crippen MR) is 60.4 cm³/mol. The average Bonchev–Trinajstić information content (AvgIpc) is 2.64. The highest BCUT2D eigenvalue weighted by Gasteiger charge is 2.15. The molecule has 0 aliphatic carbocycles. The van der Waals surface area contributed by atoms with E-state index in [9.17, 15) is 10.1 Å². The molecule has 0 spiro atoms. The lowest BCUT2D eigenvalue weighted by Crippen LogP contribution is -2.01. The molecule has 0 aliphatic heterocycles. The van der Waals surface area contributed by atoms with Gasteiger partial charge in [-0.3, -0.25) is 10.1 Å². The normalized spacial score (nSPS) is 10.4. The van der Waals surface area contributed by atoms with E-state index < -0.39 is 4.92 Å². The molecule has 0 saturated heterocycles. The summed E-state index contributed by atoms with van der Waals surface area (Å²) in [7, 11) is 1.82. The highest BCUT2D eigenvalue weighted by Crippen LogP contribution is 2.25. The van der Waals surface area contributed by atoms with E-state index in [2.05, 4.69) is 15.0 Å². The highest BCUT2D eigenvalue weighted by atomic mass is 32.2. The van der Waals surface area contributed by atoms with Crippen LogP contribution in [0.2, 0.25) is 0 Å². The lowest BCUT2D eigenvalue weighted by molar-refractivity contribution is -0.384. The summed E-state index contributed by atoms with van der Waals surface area (Å²) in [6.45, 7) is 0. The summed E-state index contributed by atoms with van der Waals surface area (Å²) in [6, 6.07) is 0. The number of anilines is 1. The minimum absolute atomic E-state index is 0.151. The van der Waals surface area contributed by atoms with E-state index in [1.165, 1.54) is 11.8 Å². The van der Waals surface area contributed by atoms with Gasteiger partial charge in [0.15, 0.2) is 10.3 Å². The fraction of sp³-hybridized carbons (Fsp3) is 0.125. The maximum atomic E-state index is 10.5. The Kier molecular flexibility index (Phi) is 2.91. The van der Waals surface area contributed by atoms with Crippen LogP contribution in [-0.4, -0.2) is 24.4 Å². The summed E-state index contributed by atoms with van der Waals surface area (Å²) >= 11 is 1.18. The molecule has 0 atom stereocenters. The molecule has 0 aliphatic rings. The summed E-state index contributed by atoms with van der Waals surface area (Å²) in [5, 5.41) is 11.5. The first-order valence-corrected chi connectivity index (χ1v) is 5.31. The fourth-order valence-electron chi connectivity index (χ4n) is 1.09. The number of imidazole rings is 1. The number of hydrogen-bond donors (Lipinski definition) is 1. The zero-order valence-corrected chi connectivity index (χ0v) is 9.59. The summed E-state index contributed by atoms with van der Waals surface area (Å²) in [5.41, 5.74) is 5.16. The van der Waals surface area contributed by atoms with E-state index >= 15 is 0 Å². The molecule has 2 rings (SSSR count). The second kappa shape index (κ2) is 4.37. The van der Waals surface area contributed by atoms with Crippen molar-refractivity contribution >= 4 is 23.3 Å². The van der Waals surface area contributed by atoms with Crippen LogP contribution in [0.25, 0.3) is 0 Å². The van der Waals surface area contributed by atoms with Crippen molar-refractivity contribution in [1.29, 1.82) is 0 Å². The molecule has 2 N–H and O–H groups in total. The van der Waals surface area contributed by atoms with Crippen molar-refractivity contribution in [3.05, 3.63) is 28.7 Å². The van der Waals surface area contributed by atoms with E-state index in [1.54, 1.807) is 17.0 Å². The molecule has 17 heavy (non-hydrogen) atoms. The molecule has 9 heteroatoms. The van der Waals surface area contributed by atoms with E-state index in [4.69, 9.17) is 5.73 Å². The van der Waals surface area contributed by atoms with Gasteiger partial charge in [-0.15, -0.1) is 0 Å². The minimum atomic E-state index is -0.620. The number of nitrogens with zero attached hydrogens (tertiary/aromatic N) is 5. The van der Waals surface area contributed by atoms with Gasteiger partial charge in [0.25, 0.3) is 0 Å². The number of nitrogens with two attached hydrogens (primary N) is 1. The molecule has 2 aromatic rings. The van der Waals surface area contributed by atoms with Crippen LogP contribution in [-0.2, 0) is 7.05 Å². The molecule has 0 amide bonds. The Morgan fingerprint density at radius 1 is 1.53 bits per heavy atom. The topological polar surface area (TPSA) is 113 Å². The number of rotatable bonds is 3. The van der Waals surface area contributed by atoms with Crippen molar-refractivity contribution in [2.75, 3.05) is 5.73 Å². The largest absolute Gasteiger partial charge is 0.378 e. The third-order valence-electron chi connectivity index (χ3n) is 1.93. The number of hydrogen-bond acceptors (Lipinski definition) is 7. The zero-order chi connectivity index (χ0) is 12.4. The molecule has 0 radical (unpaired) electrons. The van der Waals surface area contributed by atoms with Crippen LogP contribution in [0.1, 0.15) is 0 Å². The molecule has 88 valence electrons. The molecule has 0 bridgehead atoms. The Bertz CT molecular complexity index is 569. The van der Waals surface area contributed by atoms with Crippen LogP contribution in [0.3, 0.4) is 0 Å². The van der Waals surface area contributed by atoms with Gasteiger partial charge in [0, 0.05) is 19.4 Å². The van der Waals surface area contributed by atoms with Crippen LogP contribution < -0.4 is 5.73 Å². The molecule has 0 unspecified atom stereocenters. The highest BCUT2D eigenvalue weighted by molar-refractivity contribution is 7.99. The van der Waals surface area contributed by atoms with Crippen molar-refractivity contribution in [3.63, 3.8) is 0 Å². The van der Waals surface area contributed by atoms with E-state index in [0.717, 1.165) is 6.20 Å². The lowest BCUT2D eigenvalue weighted by atomic mass is 10.5. The summed E-state index contributed by atoms with van der Waals surface area (Å²) in [4.78, 5) is 21.7. The third kappa shape index (κ3) is 2.33. The average molecular weight is 252 g/mol. The predicted octanol–water partition coefficient (Wildman–Crippen LogP) is 0.852. The second-order valence-corrected chi connectivity index (χ2v) is 4.04. The van der Waals surface area contributed by atoms with E-state index in [0.29, 0.717) is 10.3 Å². The second-order valence-electron chi connectivity index (χ2n) is 3.10.